The zero-order valence-electron chi connectivity index (χ0n) is 14.1. The average molecular weight is 332 g/mol. The first-order valence-corrected chi connectivity index (χ1v) is 8.14. The summed E-state index contributed by atoms with van der Waals surface area (Å²) in [5.41, 5.74) is 4.61. The summed E-state index contributed by atoms with van der Waals surface area (Å²) in [6, 6.07) is 15.5. The lowest BCUT2D eigenvalue weighted by molar-refractivity contribution is 0.0946. The fourth-order valence-corrected chi connectivity index (χ4v) is 2.41. The van der Waals surface area contributed by atoms with Crippen LogP contribution in [0.4, 0.5) is 5.69 Å². The number of hydrogen-bond acceptors (Lipinski definition) is 4. The Morgan fingerprint density at radius 3 is 2.60 bits per heavy atom. The summed E-state index contributed by atoms with van der Waals surface area (Å²) in [5, 5.41) is 6.16. The quantitative estimate of drug-likeness (QED) is 0.726. The van der Waals surface area contributed by atoms with E-state index in [-0.39, 0.29) is 5.91 Å². The third-order valence-corrected chi connectivity index (χ3v) is 3.92. The normalized spacial score (nSPS) is 10.3. The fraction of sp³-hybridized carbons (Fsp3) is 0.150. The van der Waals surface area contributed by atoms with E-state index in [1.807, 2.05) is 55.6 Å². The third kappa shape index (κ3) is 4.64. The van der Waals surface area contributed by atoms with Gasteiger partial charge in [-0.1, -0.05) is 30.3 Å². The molecule has 0 aliphatic heterocycles. The van der Waals surface area contributed by atoms with Crippen LogP contribution in [0.1, 0.15) is 27.2 Å². The van der Waals surface area contributed by atoms with Gasteiger partial charge in [0, 0.05) is 25.5 Å². The molecule has 2 heterocycles. The summed E-state index contributed by atoms with van der Waals surface area (Å²) >= 11 is 0. The van der Waals surface area contributed by atoms with E-state index in [1.165, 1.54) is 0 Å². The minimum Gasteiger partial charge on any atom is -0.380 e. The van der Waals surface area contributed by atoms with Crippen molar-refractivity contribution in [2.75, 3.05) is 5.32 Å². The highest BCUT2D eigenvalue weighted by molar-refractivity contribution is 5.92. The van der Waals surface area contributed by atoms with Gasteiger partial charge in [-0.25, -0.2) is 4.98 Å². The number of hydrogen-bond donors (Lipinski definition) is 2. The third-order valence-electron chi connectivity index (χ3n) is 3.92. The number of aromatic nitrogens is 2. The Balaban J connectivity index is 1.54. The van der Waals surface area contributed by atoms with Gasteiger partial charge in [-0.3, -0.25) is 9.78 Å². The number of anilines is 1. The minimum absolute atomic E-state index is 0.179. The Labute approximate surface area is 147 Å². The Hall–Kier alpha value is -3.21. The number of carbonyl (C=O) groups excluding carboxylic acids is 1. The maximum atomic E-state index is 12.2. The number of amides is 1. The fourth-order valence-electron chi connectivity index (χ4n) is 2.41. The molecule has 0 fully saturated rings. The van der Waals surface area contributed by atoms with Crippen LogP contribution in [-0.4, -0.2) is 15.9 Å². The van der Waals surface area contributed by atoms with Gasteiger partial charge in [0.15, 0.2) is 0 Å². The molecule has 0 atom stereocenters. The second-order valence-corrected chi connectivity index (χ2v) is 5.76. The summed E-state index contributed by atoms with van der Waals surface area (Å²) in [7, 11) is 0. The zero-order valence-corrected chi connectivity index (χ0v) is 14.1. The van der Waals surface area contributed by atoms with Gasteiger partial charge in [-0.2, -0.15) is 0 Å². The molecule has 2 N–H and O–H groups in total. The number of rotatable bonds is 6. The van der Waals surface area contributed by atoms with Crippen LogP contribution in [0.2, 0.25) is 0 Å². The molecular weight excluding hydrogens is 312 g/mol. The first kappa shape index (κ1) is 16.6. The summed E-state index contributed by atoms with van der Waals surface area (Å²) in [6.45, 7) is 3.19. The second kappa shape index (κ2) is 8.06. The molecule has 5 heteroatoms. The topological polar surface area (TPSA) is 66.9 Å². The number of benzene rings is 1. The van der Waals surface area contributed by atoms with E-state index in [0.717, 1.165) is 22.4 Å². The smallest absolute Gasteiger partial charge is 0.270 e. The van der Waals surface area contributed by atoms with Crippen LogP contribution in [0.3, 0.4) is 0 Å². The van der Waals surface area contributed by atoms with Crippen molar-refractivity contribution in [2.24, 2.45) is 0 Å². The van der Waals surface area contributed by atoms with Crippen LogP contribution in [0.15, 0.2) is 67.1 Å². The van der Waals surface area contributed by atoms with E-state index in [2.05, 4.69) is 20.6 Å². The summed E-state index contributed by atoms with van der Waals surface area (Å²) in [6.07, 6.45) is 5.22. The van der Waals surface area contributed by atoms with Crippen molar-refractivity contribution in [1.82, 2.24) is 15.3 Å². The molecule has 1 amide bonds. The van der Waals surface area contributed by atoms with Gasteiger partial charge in [0.25, 0.3) is 5.91 Å². The molecule has 126 valence electrons. The largest absolute Gasteiger partial charge is 0.380 e. The van der Waals surface area contributed by atoms with Gasteiger partial charge >= 0.3 is 0 Å². The van der Waals surface area contributed by atoms with Crippen molar-refractivity contribution in [3.63, 3.8) is 0 Å². The average Bonchev–Trinajstić information content (AvgIpc) is 2.67. The summed E-state index contributed by atoms with van der Waals surface area (Å²) < 4.78 is 0. The summed E-state index contributed by atoms with van der Waals surface area (Å²) in [5.74, 6) is -0.179. The van der Waals surface area contributed by atoms with Crippen LogP contribution in [0, 0.1) is 6.92 Å². The van der Waals surface area contributed by atoms with Crippen LogP contribution in [-0.2, 0) is 13.1 Å². The van der Waals surface area contributed by atoms with Crippen molar-refractivity contribution < 1.29 is 4.79 Å². The number of carbonyl (C=O) groups is 1. The molecule has 3 rings (SSSR count). The van der Waals surface area contributed by atoms with Gasteiger partial charge in [0.1, 0.15) is 5.69 Å². The summed E-state index contributed by atoms with van der Waals surface area (Å²) in [4.78, 5) is 20.5. The number of aryl methyl sites for hydroxylation is 1. The molecule has 0 aliphatic rings. The minimum atomic E-state index is -0.179. The van der Waals surface area contributed by atoms with E-state index in [1.54, 1.807) is 18.5 Å². The maximum absolute atomic E-state index is 12.2. The van der Waals surface area contributed by atoms with Gasteiger partial charge in [0.05, 0.1) is 11.9 Å². The highest BCUT2D eigenvalue weighted by Gasteiger charge is 2.07. The van der Waals surface area contributed by atoms with Crippen LogP contribution < -0.4 is 10.6 Å². The van der Waals surface area contributed by atoms with Crippen molar-refractivity contribution in [3.05, 3.63) is 89.5 Å². The molecular formula is C20H20N4O. The monoisotopic (exact) mass is 332 g/mol. The number of nitrogens with zero attached hydrogens (tertiary/aromatic N) is 2. The van der Waals surface area contributed by atoms with Crippen molar-refractivity contribution in [2.45, 2.75) is 20.0 Å². The standard InChI is InChI=1S/C20H20N4O/c1-15-5-2-3-7-17(15)13-24-20(25)19-9-8-18(14-23-19)22-12-16-6-4-10-21-11-16/h2-11,14,22H,12-13H2,1H3,(H,24,25). The van der Waals surface area contributed by atoms with Crippen LogP contribution >= 0.6 is 0 Å². The lowest BCUT2D eigenvalue weighted by Crippen LogP contribution is -2.24. The molecule has 0 radical (unpaired) electrons. The molecule has 0 bridgehead atoms. The number of pyridine rings is 2. The number of nitrogens with one attached hydrogen (secondary N) is 2. The second-order valence-electron chi connectivity index (χ2n) is 5.76. The van der Waals surface area contributed by atoms with E-state index < -0.39 is 0 Å². The van der Waals surface area contributed by atoms with Crippen LogP contribution in [0.5, 0.6) is 0 Å². The van der Waals surface area contributed by atoms with Crippen LogP contribution in [0.25, 0.3) is 0 Å². The van der Waals surface area contributed by atoms with E-state index in [9.17, 15) is 4.79 Å². The predicted octanol–water partition coefficient (Wildman–Crippen LogP) is 3.33. The molecule has 0 unspecified atom stereocenters. The highest BCUT2D eigenvalue weighted by Crippen LogP contribution is 2.10. The molecule has 0 saturated heterocycles. The van der Waals surface area contributed by atoms with E-state index in [0.29, 0.717) is 18.8 Å². The van der Waals surface area contributed by atoms with Gasteiger partial charge in [-0.05, 0) is 41.8 Å². The SMILES string of the molecule is Cc1ccccc1CNC(=O)c1ccc(NCc2cccnc2)cn1. The lowest BCUT2D eigenvalue weighted by atomic mass is 10.1. The molecule has 25 heavy (non-hydrogen) atoms. The molecule has 2 aromatic heterocycles. The Bertz CT molecular complexity index is 832. The van der Waals surface area contributed by atoms with Crippen molar-refractivity contribution >= 4 is 11.6 Å². The Morgan fingerprint density at radius 1 is 1.00 bits per heavy atom. The molecule has 3 aromatic rings. The lowest BCUT2D eigenvalue weighted by Gasteiger charge is -2.09. The van der Waals surface area contributed by atoms with Gasteiger partial charge in [0.2, 0.25) is 0 Å². The predicted molar refractivity (Wildman–Crippen MR) is 98.1 cm³/mol. The van der Waals surface area contributed by atoms with Crippen molar-refractivity contribution in [3.8, 4) is 0 Å². The maximum Gasteiger partial charge on any atom is 0.270 e. The Morgan fingerprint density at radius 2 is 1.88 bits per heavy atom. The van der Waals surface area contributed by atoms with Gasteiger partial charge < -0.3 is 10.6 Å². The van der Waals surface area contributed by atoms with Gasteiger partial charge in [-0.15, -0.1) is 0 Å². The van der Waals surface area contributed by atoms with Crippen molar-refractivity contribution in [1.29, 1.82) is 0 Å². The van der Waals surface area contributed by atoms with E-state index >= 15 is 0 Å². The first-order chi connectivity index (χ1) is 12.2. The van der Waals surface area contributed by atoms with E-state index in [4.69, 9.17) is 0 Å². The highest BCUT2D eigenvalue weighted by atomic mass is 16.1. The zero-order chi connectivity index (χ0) is 17.5. The molecule has 0 saturated carbocycles. The molecule has 5 nitrogen and oxygen atoms in total. The Kier molecular flexibility index (Phi) is 5.36. The molecule has 1 aromatic carbocycles. The molecule has 0 aliphatic carbocycles. The molecule has 0 spiro atoms. The first-order valence-electron chi connectivity index (χ1n) is 8.14.